The molecule has 0 radical (unpaired) electrons. The Morgan fingerprint density at radius 3 is 2.78 bits per heavy atom. The Hall–Kier alpha value is -1.05. The highest BCUT2D eigenvalue weighted by Crippen LogP contribution is 2.24. The highest BCUT2D eigenvalue weighted by molar-refractivity contribution is 5.52. The summed E-state index contributed by atoms with van der Waals surface area (Å²) in [5.74, 6) is 0. The van der Waals surface area contributed by atoms with Gasteiger partial charge in [-0.1, -0.05) is 0 Å². The summed E-state index contributed by atoms with van der Waals surface area (Å²) < 4.78 is 0. The van der Waals surface area contributed by atoms with E-state index in [2.05, 4.69) is 4.98 Å². The van der Waals surface area contributed by atoms with E-state index in [0.29, 0.717) is 0 Å². The summed E-state index contributed by atoms with van der Waals surface area (Å²) in [7, 11) is 0. The van der Waals surface area contributed by atoms with Crippen LogP contribution in [0.15, 0.2) is 12.3 Å². The molecule has 0 saturated carbocycles. The summed E-state index contributed by atoms with van der Waals surface area (Å²) in [6, 6.07) is 1.86. The molecule has 0 unspecified atom stereocenters. The predicted molar refractivity (Wildman–Crippen MR) is 36.1 cm³/mol. The Labute approximate surface area is 53.7 Å². The molecule has 2 N–H and O–H groups in total. The highest BCUT2D eigenvalue weighted by atomic mass is 14.7. The molecular formula is C7H8N2. The van der Waals surface area contributed by atoms with Crippen LogP contribution in [0.4, 0.5) is 5.69 Å². The van der Waals surface area contributed by atoms with Crippen LogP contribution in [0, 0.1) is 0 Å². The largest absolute Gasteiger partial charge is 0.398 e. The first-order chi connectivity index (χ1) is 4.38. The van der Waals surface area contributed by atoms with Crippen molar-refractivity contribution in [3.05, 3.63) is 23.5 Å². The van der Waals surface area contributed by atoms with Gasteiger partial charge in [-0.05, 0) is 24.5 Å². The van der Waals surface area contributed by atoms with Gasteiger partial charge >= 0.3 is 0 Å². The van der Waals surface area contributed by atoms with Gasteiger partial charge in [-0.2, -0.15) is 0 Å². The Kier molecular flexibility index (Phi) is 0.781. The molecule has 0 spiro atoms. The molecule has 2 nitrogen and oxygen atoms in total. The number of fused-ring (bicyclic) bond motifs is 1. The fourth-order valence-corrected chi connectivity index (χ4v) is 1.12. The number of nitrogens with zero attached hydrogens (tertiary/aromatic N) is 1. The average Bonchev–Trinajstić information content (AvgIpc) is 1.74. The van der Waals surface area contributed by atoms with Crippen molar-refractivity contribution in [1.29, 1.82) is 0 Å². The minimum Gasteiger partial charge on any atom is -0.398 e. The molecule has 0 aliphatic heterocycles. The van der Waals surface area contributed by atoms with E-state index in [1.807, 2.05) is 6.07 Å². The molecule has 1 heterocycles. The number of aryl methyl sites for hydroxylation is 1. The Morgan fingerprint density at radius 2 is 2.33 bits per heavy atom. The summed E-state index contributed by atoms with van der Waals surface area (Å²) in [4.78, 5) is 4.15. The minimum absolute atomic E-state index is 0.909. The second-order valence-corrected chi connectivity index (χ2v) is 2.33. The molecule has 0 amide bonds. The molecule has 1 aliphatic rings. The van der Waals surface area contributed by atoms with Gasteiger partial charge in [0, 0.05) is 17.6 Å². The average molecular weight is 120 g/mol. The number of anilines is 1. The zero-order valence-electron chi connectivity index (χ0n) is 5.09. The van der Waals surface area contributed by atoms with Gasteiger partial charge in [0.2, 0.25) is 0 Å². The number of aromatic nitrogens is 1. The molecule has 0 fully saturated rings. The van der Waals surface area contributed by atoms with Crippen molar-refractivity contribution in [1.82, 2.24) is 4.98 Å². The van der Waals surface area contributed by atoms with Gasteiger partial charge in [-0.15, -0.1) is 0 Å². The number of rotatable bonds is 0. The smallest absolute Gasteiger partial charge is 0.0459 e. The molecule has 0 saturated heterocycles. The third kappa shape index (κ3) is 0.529. The zero-order valence-corrected chi connectivity index (χ0v) is 5.09. The van der Waals surface area contributed by atoms with E-state index in [4.69, 9.17) is 5.73 Å². The fraction of sp³-hybridized carbons (Fsp3) is 0.286. The molecular weight excluding hydrogens is 112 g/mol. The van der Waals surface area contributed by atoms with Crippen molar-refractivity contribution >= 4 is 5.69 Å². The number of nitrogen functional groups attached to an aromatic ring is 1. The van der Waals surface area contributed by atoms with Crippen LogP contribution in [0.25, 0.3) is 0 Å². The lowest BCUT2D eigenvalue weighted by Gasteiger charge is -2.17. The lowest BCUT2D eigenvalue weighted by Crippen LogP contribution is -2.13. The SMILES string of the molecule is Nc1ccnc2c1CC2. The van der Waals surface area contributed by atoms with E-state index in [-0.39, 0.29) is 0 Å². The lowest BCUT2D eigenvalue weighted by molar-refractivity contribution is 0.793. The lowest BCUT2D eigenvalue weighted by atomic mass is 9.93. The Balaban J connectivity index is 2.64. The van der Waals surface area contributed by atoms with Gasteiger partial charge in [0.1, 0.15) is 0 Å². The molecule has 1 aliphatic carbocycles. The summed E-state index contributed by atoms with van der Waals surface area (Å²) in [6.07, 6.45) is 4.00. The maximum absolute atomic E-state index is 5.63. The van der Waals surface area contributed by atoms with Crippen molar-refractivity contribution in [3.8, 4) is 0 Å². The van der Waals surface area contributed by atoms with Crippen molar-refractivity contribution in [2.75, 3.05) is 5.73 Å². The van der Waals surface area contributed by atoms with Gasteiger partial charge in [-0.25, -0.2) is 0 Å². The normalized spacial score (nSPS) is 14.2. The van der Waals surface area contributed by atoms with Gasteiger partial charge in [0.25, 0.3) is 0 Å². The van der Waals surface area contributed by atoms with Gasteiger partial charge in [-0.3, -0.25) is 4.98 Å². The zero-order chi connectivity index (χ0) is 6.27. The van der Waals surface area contributed by atoms with Crippen LogP contribution < -0.4 is 5.73 Å². The summed E-state index contributed by atoms with van der Waals surface area (Å²) in [6.45, 7) is 0. The second kappa shape index (κ2) is 1.47. The topological polar surface area (TPSA) is 38.9 Å². The highest BCUT2D eigenvalue weighted by Gasteiger charge is 2.15. The van der Waals surface area contributed by atoms with E-state index in [1.165, 1.54) is 11.3 Å². The molecule has 46 valence electrons. The maximum atomic E-state index is 5.63. The fourth-order valence-electron chi connectivity index (χ4n) is 1.12. The Morgan fingerprint density at radius 1 is 1.44 bits per heavy atom. The van der Waals surface area contributed by atoms with E-state index in [9.17, 15) is 0 Å². The first kappa shape index (κ1) is 4.79. The van der Waals surface area contributed by atoms with Crippen LogP contribution in [0.3, 0.4) is 0 Å². The summed E-state index contributed by atoms with van der Waals surface area (Å²) in [5.41, 5.74) is 8.99. The third-order valence-corrected chi connectivity index (χ3v) is 1.79. The monoisotopic (exact) mass is 120 g/mol. The van der Waals surface area contributed by atoms with Crippen molar-refractivity contribution < 1.29 is 0 Å². The van der Waals surface area contributed by atoms with Crippen LogP contribution in [0.5, 0.6) is 0 Å². The summed E-state index contributed by atoms with van der Waals surface area (Å²) in [5, 5.41) is 0. The van der Waals surface area contributed by atoms with E-state index < -0.39 is 0 Å². The molecule has 0 atom stereocenters. The Bertz CT molecular complexity index is 228. The maximum Gasteiger partial charge on any atom is 0.0459 e. The van der Waals surface area contributed by atoms with Gasteiger partial charge in [0.05, 0.1) is 0 Å². The van der Waals surface area contributed by atoms with Gasteiger partial charge in [0.15, 0.2) is 0 Å². The molecule has 1 aromatic rings. The van der Waals surface area contributed by atoms with Crippen molar-refractivity contribution in [2.24, 2.45) is 0 Å². The molecule has 2 rings (SSSR count). The molecule has 2 heteroatoms. The number of hydrogen-bond donors (Lipinski definition) is 1. The number of pyridine rings is 1. The summed E-state index contributed by atoms with van der Waals surface area (Å²) >= 11 is 0. The van der Waals surface area contributed by atoms with Crippen LogP contribution in [0.1, 0.15) is 11.3 Å². The molecule has 9 heavy (non-hydrogen) atoms. The first-order valence-corrected chi connectivity index (χ1v) is 3.10. The van der Waals surface area contributed by atoms with Crippen LogP contribution in [0.2, 0.25) is 0 Å². The van der Waals surface area contributed by atoms with Crippen molar-refractivity contribution in [2.45, 2.75) is 12.8 Å². The number of hydrogen-bond acceptors (Lipinski definition) is 2. The van der Waals surface area contributed by atoms with Crippen molar-refractivity contribution in [3.63, 3.8) is 0 Å². The van der Waals surface area contributed by atoms with Crippen LogP contribution >= 0.6 is 0 Å². The predicted octanol–water partition coefficient (Wildman–Crippen LogP) is 0.762. The second-order valence-electron chi connectivity index (χ2n) is 2.33. The molecule has 0 bridgehead atoms. The standard InChI is InChI=1S/C7H8N2/c8-6-3-4-9-7-2-1-5(6)7/h3-4H,1-2H2,(H2,8,9). The van der Waals surface area contributed by atoms with E-state index in [0.717, 1.165) is 18.5 Å². The van der Waals surface area contributed by atoms with Gasteiger partial charge < -0.3 is 5.73 Å². The quantitative estimate of drug-likeness (QED) is 0.549. The third-order valence-electron chi connectivity index (χ3n) is 1.79. The number of nitrogens with two attached hydrogens (primary N) is 1. The molecule has 0 aromatic carbocycles. The van der Waals surface area contributed by atoms with Crippen LogP contribution in [-0.2, 0) is 12.8 Å². The van der Waals surface area contributed by atoms with Crippen LogP contribution in [-0.4, -0.2) is 4.98 Å². The van der Waals surface area contributed by atoms with E-state index in [1.54, 1.807) is 6.20 Å². The molecule has 1 aromatic heterocycles. The minimum atomic E-state index is 0.909. The first-order valence-electron chi connectivity index (χ1n) is 3.10. The van der Waals surface area contributed by atoms with E-state index >= 15 is 0 Å².